The van der Waals surface area contributed by atoms with E-state index < -0.39 is 5.54 Å². The zero-order valence-electron chi connectivity index (χ0n) is 14.2. The number of carbonyl (C=O) groups is 1. The van der Waals surface area contributed by atoms with Crippen molar-refractivity contribution in [1.82, 2.24) is 10.3 Å². The number of ether oxygens (including phenoxy) is 1. The van der Waals surface area contributed by atoms with Crippen LogP contribution in [0.3, 0.4) is 0 Å². The van der Waals surface area contributed by atoms with Gasteiger partial charge in [-0.2, -0.15) is 0 Å². The predicted octanol–water partition coefficient (Wildman–Crippen LogP) is 3.48. The number of nitrogens with one attached hydrogen (secondary N) is 1. The zero-order valence-corrected chi connectivity index (χ0v) is 16.6. The number of hydrogen-bond acceptors (Lipinski definition) is 5. The van der Waals surface area contributed by atoms with Gasteiger partial charge in [0.15, 0.2) is 0 Å². The molecule has 0 bridgehead atoms. The first-order valence-electron chi connectivity index (χ1n) is 7.16. The second-order valence-corrected chi connectivity index (χ2v) is 7.02. The van der Waals surface area contributed by atoms with Gasteiger partial charge < -0.3 is 15.8 Å². The first-order chi connectivity index (χ1) is 10.7. The number of nitrogens with zero attached hydrogens (tertiary/aromatic N) is 1. The molecule has 1 amide bonds. The van der Waals surface area contributed by atoms with Crippen LogP contribution in [0.5, 0.6) is 5.75 Å². The minimum Gasteiger partial charge on any atom is -0.486 e. The Morgan fingerprint density at radius 3 is 2.48 bits per heavy atom. The van der Waals surface area contributed by atoms with Crippen LogP contribution in [0.15, 0.2) is 24.3 Å². The standard InChI is InChI=1S/C16H20FN3O2S.2ClH/c1-10-14(15(21)19-9-16(2,3)18)23-13(20-10)8-22-12-6-4-11(17)5-7-12;;/h4-7H,8-9,18H2,1-3H3,(H,19,21);2*1H. The Balaban J connectivity index is 0.00000288. The molecule has 3 N–H and O–H groups in total. The van der Waals surface area contributed by atoms with Crippen molar-refractivity contribution in [1.29, 1.82) is 0 Å². The molecule has 0 radical (unpaired) electrons. The Morgan fingerprint density at radius 2 is 1.92 bits per heavy atom. The quantitative estimate of drug-likeness (QED) is 0.765. The summed E-state index contributed by atoms with van der Waals surface area (Å²) in [6.07, 6.45) is 0. The SMILES string of the molecule is Cc1nc(COc2ccc(F)cc2)sc1C(=O)NCC(C)(C)N.Cl.Cl. The van der Waals surface area contributed by atoms with E-state index in [1.165, 1.54) is 23.5 Å². The normalized spacial score (nSPS) is 10.4. The van der Waals surface area contributed by atoms with Crippen molar-refractivity contribution in [2.45, 2.75) is 32.9 Å². The molecule has 0 saturated heterocycles. The Morgan fingerprint density at radius 1 is 1.32 bits per heavy atom. The number of aryl methyl sites for hydroxylation is 1. The van der Waals surface area contributed by atoms with Crippen LogP contribution in [0.4, 0.5) is 4.39 Å². The largest absolute Gasteiger partial charge is 0.486 e. The molecule has 0 saturated carbocycles. The summed E-state index contributed by atoms with van der Waals surface area (Å²) >= 11 is 1.28. The molecule has 1 aromatic heterocycles. The van der Waals surface area contributed by atoms with Crippen molar-refractivity contribution in [2.24, 2.45) is 5.73 Å². The van der Waals surface area contributed by atoms with Gasteiger partial charge in [-0.3, -0.25) is 4.79 Å². The number of aromatic nitrogens is 1. The summed E-state index contributed by atoms with van der Waals surface area (Å²) in [6, 6.07) is 5.76. The number of thiazole rings is 1. The zero-order chi connectivity index (χ0) is 17.0. The number of nitrogens with two attached hydrogens (primary N) is 1. The van der Waals surface area contributed by atoms with Crippen LogP contribution < -0.4 is 15.8 Å². The molecule has 0 fully saturated rings. The van der Waals surface area contributed by atoms with Gasteiger partial charge in [-0.25, -0.2) is 9.37 Å². The van der Waals surface area contributed by atoms with E-state index in [0.717, 1.165) is 0 Å². The Labute approximate surface area is 163 Å². The first-order valence-corrected chi connectivity index (χ1v) is 7.98. The monoisotopic (exact) mass is 409 g/mol. The minimum absolute atomic E-state index is 0. The molecule has 5 nitrogen and oxygen atoms in total. The third-order valence-corrected chi connectivity index (χ3v) is 4.06. The van der Waals surface area contributed by atoms with E-state index in [9.17, 15) is 9.18 Å². The van der Waals surface area contributed by atoms with Gasteiger partial charge in [0.25, 0.3) is 5.91 Å². The van der Waals surface area contributed by atoms with Gasteiger partial charge in [-0.05, 0) is 45.0 Å². The van der Waals surface area contributed by atoms with E-state index in [4.69, 9.17) is 10.5 Å². The van der Waals surface area contributed by atoms with Gasteiger partial charge in [0.05, 0.1) is 5.69 Å². The lowest BCUT2D eigenvalue weighted by Crippen LogP contribution is -2.45. The molecular weight excluding hydrogens is 388 g/mol. The number of benzene rings is 1. The molecule has 2 rings (SSSR count). The number of amides is 1. The van der Waals surface area contributed by atoms with Gasteiger partial charge in [-0.1, -0.05) is 0 Å². The smallest absolute Gasteiger partial charge is 0.263 e. The second-order valence-electron chi connectivity index (χ2n) is 5.94. The van der Waals surface area contributed by atoms with E-state index >= 15 is 0 Å². The number of carbonyl (C=O) groups excluding carboxylic acids is 1. The van der Waals surface area contributed by atoms with Crippen molar-refractivity contribution < 1.29 is 13.9 Å². The van der Waals surface area contributed by atoms with E-state index in [2.05, 4.69) is 10.3 Å². The van der Waals surface area contributed by atoms with Crippen molar-refractivity contribution in [3.05, 3.63) is 45.7 Å². The highest BCUT2D eigenvalue weighted by atomic mass is 35.5. The highest BCUT2D eigenvalue weighted by molar-refractivity contribution is 7.13. The van der Waals surface area contributed by atoms with Crippen LogP contribution in [0.1, 0.15) is 34.2 Å². The minimum atomic E-state index is -0.469. The Kier molecular flexibility index (Phi) is 9.35. The lowest BCUT2D eigenvalue weighted by Gasteiger charge is -2.18. The molecule has 0 unspecified atom stereocenters. The number of rotatable bonds is 6. The fourth-order valence-corrected chi connectivity index (χ4v) is 2.68. The number of halogens is 3. The topological polar surface area (TPSA) is 77.2 Å². The van der Waals surface area contributed by atoms with Crippen LogP contribution in [-0.4, -0.2) is 23.0 Å². The fourth-order valence-electron chi connectivity index (χ4n) is 1.79. The maximum Gasteiger partial charge on any atom is 0.263 e. The first kappa shape index (κ1) is 23.6. The average molecular weight is 410 g/mol. The van der Waals surface area contributed by atoms with Crippen LogP contribution >= 0.6 is 36.2 Å². The van der Waals surface area contributed by atoms with E-state index in [-0.39, 0.29) is 43.1 Å². The Hall–Kier alpha value is -1.41. The van der Waals surface area contributed by atoms with Crippen LogP contribution in [0, 0.1) is 12.7 Å². The lowest BCUT2D eigenvalue weighted by atomic mass is 10.1. The van der Waals surface area contributed by atoms with Gasteiger partial charge in [0.2, 0.25) is 0 Å². The molecule has 9 heteroatoms. The molecule has 0 atom stereocenters. The fraction of sp³-hybridized carbons (Fsp3) is 0.375. The summed E-state index contributed by atoms with van der Waals surface area (Å²) in [5.74, 6) is 0.0471. The van der Waals surface area contributed by atoms with E-state index in [1.54, 1.807) is 19.1 Å². The summed E-state index contributed by atoms with van der Waals surface area (Å²) in [5, 5.41) is 3.48. The molecule has 2 aromatic rings. The maximum atomic E-state index is 12.8. The molecular formula is C16H22Cl2FN3O2S. The summed E-state index contributed by atoms with van der Waals surface area (Å²) in [7, 11) is 0. The molecule has 0 aliphatic rings. The van der Waals surface area contributed by atoms with Crippen molar-refractivity contribution in [3.8, 4) is 5.75 Å². The molecule has 0 spiro atoms. The van der Waals surface area contributed by atoms with Crippen molar-refractivity contribution >= 4 is 42.1 Å². The lowest BCUT2D eigenvalue weighted by molar-refractivity contribution is 0.0949. The molecule has 1 aromatic carbocycles. The molecule has 25 heavy (non-hydrogen) atoms. The van der Waals surface area contributed by atoms with Gasteiger partial charge in [0, 0.05) is 12.1 Å². The van der Waals surface area contributed by atoms with Crippen LogP contribution in [0.25, 0.3) is 0 Å². The highest BCUT2D eigenvalue weighted by Gasteiger charge is 2.18. The predicted molar refractivity (Wildman–Crippen MR) is 103 cm³/mol. The van der Waals surface area contributed by atoms with Gasteiger partial charge >= 0.3 is 0 Å². The summed E-state index contributed by atoms with van der Waals surface area (Å²) in [6.45, 7) is 6.07. The second kappa shape index (κ2) is 9.91. The van der Waals surface area contributed by atoms with Crippen molar-refractivity contribution in [2.75, 3.05) is 6.54 Å². The molecule has 140 valence electrons. The van der Waals surface area contributed by atoms with Gasteiger partial charge in [0.1, 0.15) is 28.1 Å². The molecule has 1 heterocycles. The van der Waals surface area contributed by atoms with Crippen LogP contribution in [-0.2, 0) is 6.61 Å². The van der Waals surface area contributed by atoms with Gasteiger partial charge in [-0.15, -0.1) is 36.2 Å². The third kappa shape index (κ3) is 7.56. The van der Waals surface area contributed by atoms with E-state index in [1.807, 2.05) is 13.8 Å². The average Bonchev–Trinajstić information content (AvgIpc) is 2.84. The van der Waals surface area contributed by atoms with Crippen LogP contribution in [0.2, 0.25) is 0 Å². The van der Waals surface area contributed by atoms with Crippen molar-refractivity contribution in [3.63, 3.8) is 0 Å². The van der Waals surface area contributed by atoms with E-state index in [0.29, 0.717) is 27.9 Å². The summed E-state index contributed by atoms with van der Waals surface area (Å²) in [4.78, 5) is 17.0. The molecule has 0 aliphatic heterocycles. The highest BCUT2D eigenvalue weighted by Crippen LogP contribution is 2.20. The Bertz CT molecular complexity index is 688. The third-order valence-electron chi connectivity index (χ3n) is 2.93. The summed E-state index contributed by atoms with van der Waals surface area (Å²) < 4.78 is 18.4. The number of hydrogen-bond donors (Lipinski definition) is 2. The molecule has 0 aliphatic carbocycles. The maximum absolute atomic E-state index is 12.8. The summed E-state index contributed by atoms with van der Waals surface area (Å²) in [5.41, 5.74) is 6.04.